The lowest BCUT2D eigenvalue weighted by molar-refractivity contribution is -0.121. The quantitative estimate of drug-likeness (QED) is 0.554. The number of nitrogens with one attached hydrogen (secondary N) is 1. The van der Waals surface area contributed by atoms with Crippen molar-refractivity contribution in [2.75, 3.05) is 39.3 Å². The second kappa shape index (κ2) is 11.9. The van der Waals surface area contributed by atoms with Gasteiger partial charge in [0.05, 0.1) is 5.54 Å². The normalized spacial score (nSPS) is 24.6. The van der Waals surface area contributed by atoms with E-state index in [4.69, 9.17) is 4.74 Å². The molecule has 0 atom stereocenters. The Hall–Kier alpha value is -2.15. The first kappa shape index (κ1) is 26.9. The minimum absolute atomic E-state index is 0.141. The first-order chi connectivity index (χ1) is 17.3. The number of halogens is 1. The lowest BCUT2D eigenvalue weighted by Gasteiger charge is -2.50. The second-order valence-corrected chi connectivity index (χ2v) is 11.9. The Balaban J connectivity index is 0.000000197. The lowest BCUT2D eigenvalue weighted by Crippen LogP contribution is -2.54. The molecule has 5 rings (SSSR count). The van der Waals surface area contributed by atoms with Gasteiger partial charge in [-0.2, -0.15) is 0 Å². The zero-order valence-corrected chi connectivity index (χ0v) is 22.1. The van der Waals surface area contributed by atoms with Gasteiger partial charge in [0.1, 0.15) is 12.4 Å². The fourth-order valence-electron chi connectivity index (χ4n) is 6.61. The van der Waals surface area contributed by atoms with Crippen molar-refractivity contribution in [1.82, 2.24) is 15.1 Å². The first-order valence-corrected chi connectivity index (χ1v) is 13.9. The van der Waals surface area contributed by atoms with Crippen LogP contribution in [0.4, 0.5) is 9.18 Å². The summed E-state index contributed by atoms with van der Waals surface area (Å²) in [6, 6.07) is 6.92. The number of rotatable bonds is 5. The van der Waals surface area contributed by atoms with Gasteiger partial charge >= 0.3 is 6.09 Å². The molecule has 36 heavy (non-hydrogen) atoms. The summed E-state index contributed by atoms with van der Waals surface area (Å²) in [5.74, 6) is 1.16. The Labute approximate surface area is 215 Å². The van der Waals surface area contributed by atoms with Crippen LogP contribution in [0.25, 0.3) is 0 Å². The van der Waals surface area contributed by atoms with Crippen molar-refractivity contribution in [2.45, 2.75) is 83.1 Å². The summed E-state index contributed by atoms with van der Waals surface area (Å²) in [6.07, 6.45) is 11.7. The van der Waals surface area contributed by atoms with Gasteiger partial charge in [0, 0.05) is 19.6 Å². The number of piperidine rings is 2. The topological polar surface area (TPSA) is 61.9 Å². The molecular formula is C29H44FN3O3. The molecular weight excluding hydrogens is 457 g/mol. The van der Waals surface area contributed by atoms with Crippen molar-refractivity contribution in [3.8, 4) is 0 Å². The molecule has 3 aliphatic heterocycles. The zero-order chi connectivity index (χ0) is 25.6. The molecule has 3 saturated heterocycles. The van der Waals surface area contributed by atoms with Crippen LogP contribution in [0, 0.1) is 17.2 Å². The minimum atomic E-state index is -0.222. The molecule has 2 amide bonds. The number of cyclic esters (lactones) is 1. The van der Waals surface area contributed by atoms with Crippen molar-refractivity contribution >= 4 is 12.5 Å². The Morgan fingerprint density at radius 1 is 1.03 bits per heavy atom. The van der Waals surface area contributed by atoms with Crippen LogP contribution in [0.5, 0.6) is 0 Å². The number of carbonyl (C=O) groups excluding carboxylic acids is 2. The third kappa shape index (κ3) is 6.39. The molecule has 4 fully saturated rings. The van der Waals surface area contributed by atoms with Gasteiger partial charge in [0.25, 0.3) is 0 Å². The summed E-state index contributed by atoms with van der Waals surface area (Å²) >= 11 is 0. The first-order valence-electron chi connectivity index (χ1n) is 13.9. The van der Waals surface area contributed by atoms with Crippen molar-refractivity contribution in [1.29, 1.82) is 0 Å². The molecule has 0 radical (unpaired) electrons. The van der Waals surface area contributed by atoms with E-state index in [0.29, 0.717) is 18.4 Å². The molecule has 1 aliphatic carbocycles. The van der Waals surface area contributed by atoms with Crippen molar-refractivity contribution < 1.29 is 18.7 Å². The number of carbonyl (C=O) groups is 2. The second-order valence-electron chi connectivity index (χ2n) is 11.9. The maximum atomic E-state index is 12.6. The Bertz CT molecular complexity index is 855. The van der Waals surface area contributed by atoms with Gasteiger partial charge in [0.15, 0.2) is 0 Å². The van der Waals surface area contributed by atoms with Gasteiger partial charge in [-0.05, 0) is 100 Å². The van der Waals surface area contributed by atoms with Crippen molar-refractivity contribution in [2.24, 2.45) is 11.3 Å². The molecule has 1 aromatic rings. The van der Waals surface area contributed by atoms with Crippen LogP contribution < -0.4 is 5.32 Å². The van der Waals surface area contributed by atoms with Crippen LogP contribution in [0.1, 0.15) is 83.1 Å². The molecule has 6 nitrogen and oxygen atoms in total. The highest BCUT2D eigenvalue weighted by molar-refractivity contribution is 5.71. The van der Waals surface area contributed by atoms with E-state index in [1.165, 1.54) is 50.5 Å². The number of ether oxygens (including phenoxy) is 1. The van der Waals surface area contributed by atoms with Gasteiger partial charge < -0.3 is 15.0 Å². The largest absolute Gasteiger partial charge is 0.447 e. The maximum Gasteiger partial charge on any atom is 0.410 e. The average Bonchev–Trinajstić information content (AvgIpc) is 3.17. The highest BCUT2D eigenvalue weighted by Crippen LogP contribution is 2.47. The standard InChI is InChI=1S/C18H30N2O3.C11H14FN/c1-17(2)13-23-16(22)20(17)12-18(15-6-4-3-5-7-15)8-10-19(14-21)11-9-18;12-11-3-1-9(2-4-11)10-5-7-13-8-6-10/h14-15H,3-13H2,1-2H3;1-4,10,13H,5-8H2. The summed E-state index contributed by atoms with van der Waals surface area (Å²) in [5.41, 5.74) is 1.21. The fraction of sp³-hybridized carbons (Fsp3) is 0.724. The molecule has 0 spiro atoms. The third-order valence-corrected chi connectivity index (χ3v) is 9.07. The Kier molecular flexibility index (Phi) is 8.91. The van der Waals surface area contributed by atoms with Gasteiger partial charge in [0.2, 0.25) is 6.41 Å². The van der Waals surface area contributed by atoms with Gasteiger partial charge in [-0.3, -0.25) is 9.69 Å². The van der Waals surface area contributed by atoms with Crippen LogP contribution in [0.3, 0.4) is 0 Å². The molecule has 1 aromatic carbocycles. The van der Waals surface area contributed by atoms with Crippen LogP contribution >= 0.6 is 0 Å². The Morgan fingerprint density at radius 3 is 2.22 bits per heavy atom. The molecule has 200 valence electrons. The summed E-state index contributed by atoms with van der Waals surface area (Å²) in [6.45, 7) is 9.26. The van der Waals surface area contributed by atoms with Gasteiger partial charge in [-0.15, -0.1) is 0 Å². The van der Waals surface area contributed by atoms with E-state index in [1.54, 1.807) is 12.1 Å². The number of nitrogens with zero attached hydrogens (tertiary/aromatic N) is 2. The lowest BCUT2D eigenvalue weighted by atomic mass is 9.63. The average molecular weight is 502 g/mol. The van der Waals surface area contributed by atoms with E-state index in [0.717, 1.165) is 52.0 Å². The van der Waals surface area contributed by atoms with E-state index in [9.17, 15) is 14.0 Å². The zero-order valence-electron chi connectivity index (χ0n) is 22.1. The number of amides is 2. The number of hydrogen-bond acceptors (Lipinski definition) is 4. The predicted molar refractivity (Wildman–Crippen MR) is 139 cm³/mol. The summed E-state index contributed by atoms with van der Waals surface area (Å²) in [4.78, 5) is 27.2. The number of hydrogen-bond donors (Lipinski definition) is 1. The molecule has 1 saturated carbocycles. The smallest absolute Gasteiger partial charge is 0.410 e. The summed E-state index contributed by atoms with van der Waals surface area (Å²) < 4.78 is 18.0. The van der Waals surface area contributed by atoms with E-state index >= 15 is 0 Å². The van der Waals surface area contributed by atoms with Crippen LogP contribution in [-0.2, 0) is 9.53 Å². The molecule has 3 heterocycles. The molecule has 0 aromatic heterocycles. The van der Waals surface area contributed by atoms with Crippen LogP contribution in [0.15, 0.2) is 24.3 Å². The van der Waals surface area contributed by atoms with E-state index < -0.39 is 0 Å². The fourth-order valence-corrected chi connectivity index (χ4v) is 6.61. The van der Waals surface area contributed by atoms with E-state index in [-0.39, 0.29) is 22.9 Å². The minimum Gasteiger partial charge on any atom is -0.447 e. The monoisotopic (exact) mass is 501 g/mol. The van der Waals surface area contributed by atoms with Crippen LogP contribution in [-0.4, -0.2) is 67.2 Å². The number of benzene rings is 1. The molecule has 1 N–H and O–H groups in total. The predicted octanol–water partition coefficient (Wildman–Crippen LogP) is 5.33. The van der Waals surface area contributed by atoms with Crippen molar-refractivity contribution in [3.05, 3.63) is 35.6 Å². The Morgan fingerprint density at radius 2 is 1.67 bits per heavy atom. The van der Waals surface area contributed by atoms with E-state index in [2.05, 4.69) is 19.2 Å². The summed E-state index contributed by atoms with van der Waals surface area (Å²) in [5, 5.41) is 3.32. The molecule has 0 unspecified atom stereocenters. The third-order valence-electron chi connectivity index (χ3n) is 9.07. The number of likely N-dealkylation sites (tertiary alicyclic amines) is 1. The molecule has 4 aliphatic rings. The van der Waals surface area contributed by atoms with Crippen LogP contribution in [0.2, 0.25) is 0 Å². The SMILES string of the molecule is CC1(C)COC(=O)N1CC1(C2CCCCC2)CCN(C=O)CC1.Fc1ccc(C2CCNCC2)cc1. The van der Waals surface area contributed by atoms with Gasteiger partial charge in [-0.1, -0.05) is 31.4 Å². The molecule has 7 heteroatoms. The maximum absolute atomic E-state index is 12.6. The summed E-state index contributed by atoms with van der Waals surface area (Å²) in [7, 11) is 0. The van der Waals surface area contributed by atoms with E-state index in [1.807, 2.05) is 21.9 Å². The highest BCUT2D eigenvalue weighted by atomic mass is 19.1. The highest BCUT2D eigenvalue weighted by Gasteiger charge is 2.48. The van der Waals surface area contributed by atoms with Gasteiger partial charge in [-0.25, -0.2) is 9.18 Å². The van der Waals surface area contributed by atoms with Crippen molar-refractivity contribution in [3.63, 3.8) is 0 Å². The molecule has 0 bridgehead atoms.